The number of methoxy groups -OCH3 is 1. The smallest absolute Gasteiger partial charge is 0.114 e. The lowest BCUT2D eigenvalue weighted by Gasteiger charge is -2.34. The Kier molecular flexibility index (Phi) is 5.98. The summed E-state index contributed by atoms with van der Waals surface area (Å²) in [5.74, 6) is 0. The summed E-state index contributed by atoms with van der Waals surface area (Å²) in [6.07, 6.45) is 4.03. The van der Waals surface area contributed by atoms with Crippen LogP contribution >= 0.6 is 0 Å². The van der Waals surface area contributed by atoms with Crippen molar-refractivity contribution in [2.75, 3.05) is 52.7 Å². The molecule has 0 bridgehead atoms. The zero-order valence-electron chi connectivity index (χ0n) is 12.7. The maximum Gasteiger partial charge on any atom is 0.114 e. The third-order valence-electron chi connectivity index (χ3n) is 4.09. The van der Waals surface area contributed by atoms with Crippen LogP contribution in [0.25, 0.3) is 6.08 Å². The first-order valence-electron chi connectivity index (χ1n) is 7.35. The molecule has 0 radical (unpaired) electrons. The molecular weight excluding hydrogens is 264 g/mol. The molecule has 1 saturated heterocycles. The second-order valence-electron chi connectivity index (χ2n) is 5.63. The van der Waals surface area contributed by atoms with E-state index in [1.807, 2.05) is 13.2 Å². The summed E-state index contributed by atoms with van der Waals surface area (Å²) < 4.78 is 5.48. The molecule has 1 unspecified atom stereocenters. The van der Waals surface area contributed by atoms with Gasteiger partial charge in [-0.25, -0.2) is 0 Å². The van der Waals surface area contributed by atoms with Gasteiger partial charge in [0, 0.05) is 39.5 Å². The third kappa shape index (κ3) is 4.28. The topological polar surface area (TPSA) is 15.7 Å². The normalized spacial score (nSPS) is 18.9. The monoisotopic (exact) mass is 290 g/mol. The van der Waals surface area contributed by atoms with Crippen LogP contribution in [0.2, 0.25) is 0 Å². The standard InChI is InChI=1S/C16H26N2OSi/c1-4-15-5-7-16(8-6-15)20(14-19-3)13-18-11-9-17(2)10-12-18/h4-8,20H,1,9-14H2,2-3H3. The second-order valence-corrected chi connectivity index (χ2v) is 8.39. The van der Waals surface area contributed by atoms with Crippen molar-refractivity contribution in [2.45, 2.75) is 0 Å². The van der Waals surface area contributed by atoms with Gasteiger partial charge in [0.1, 0.15) is 8.80 Å². The lowest BCUT2D eigenvalue weighted by Crippen LogP contribution is -2.52. The highest BCUT2D eigenvalue weighted by atomic mass is 28.3. The predicted octanol–water partition coefficient (Wildman–Crippen LogP) is 0.736. The number of nitrogens with zero attached hydrogens (tertiary/aromatic N) is 2. The molecule has 0 aliphatic carbocycles. The van der Waals surface area contributed by atoms with Crippen LogP contribution < -0.4 is 5.19 Å². The number of piperazine rings is 1. The molecule has 1 fully saturated rings. The van der Waals surface area contributed by atoms with E-state index in [-0.39, 0.29) is 0 Å². The molecule has 0 N–H and O–H groups in total. The largest absolute Gasteiger partial charge is 0.388 e. The Morgan fingerprint density at radius 2 is 1.85 bits per heavy atom. The molecule has 3 nitrogen and oxygen atoms in total. The average Bonchev–Trinajstić information content (AvgIpc) is 2.49. The Bertz CT molecular complexity index is 413. The Hall–Kier alpha value is -0.943. The Labute approximate surface area is 124 Å². The number of rotatable bonds is 6. The van der Waals surface area contributed by atoms with Gasteiger partial charge in [0.05, 0.1) is 0 Å². The van der Waals surface area contributed by atoms with Crippen molar-refractivity contribution in [2.24, 2.45) is 0 Å². The van der Waals surface area contributed by atoms with Gasteiger partial charge in [0.2, 0.25) is 0 Å². The molecule has 1 atom stereocenters. The summed E-state index contributed by atoms with van der Waals surface area (Å²) >= 11 is 0. The number of ether oxygens (including phenoxy) is 1. The second kappa shape index (κ2) is 7.74. The Morgan fingerprint density at radius 1 is 1.20 bits per heavy atom. The lowest BCUT2D eigenvalue weighted by molar-refractivity contribution is 0.169. The van der Waals surface area contributed by atoms with E-state index in [0.717, 1.165) is 6.23 Å². The van der Waals surface area contributed by atoms with Gasteiger partial charge < -0.3 is 14.5 Å². The van der Waals surface area contributed by atoms with E-state index in [4.69, 9.17) is 4.74 Å². The Morgan fingerprint density at radius 3 is 2.40 bits per heavy atom. The summed E-state index contributed by atoms with van der Waals surface area (Å²) in [6, 6.07) is 8.87. The van der Waals surface area contributed by atoms with Crippen molar-refractivity contribution in [3.63, 3.8) is 0 Å². The van der Waals surface area contributed by atoms with Gasteiger partial charge >= 0.3 is 0 Å². The molecule has 1 aromatic carbocycles. The van der Waals surface area contributed by atoms with Gasteiger partial charge in [-0.15, -0.1) is 0 Å². The van der Waals surface area contributed by atoms with Crippen molar-refractivity contribution in [3.8, 4) is 0 Å². The molecule has 1 aromatic rings. The van der Waals surface area contributed by atoms with Crippen molar-refractivity contribution >= 4 is 20.1 Å². The molecule has 4 heteroatoms. The number of benzene rings is 1. The van der Waals surface area contributed by atoms with E-state index in [0.29, 0.717) is 0 Å². The molecule has 20 heavy (non-hydrogen) atoms. The molecule has 1 heterocycles. The molecule has 0 aromatic heterocycles. The fourth-order valence-electron chi connectivity index (χ4n) is 2.70. The lowest BCUT2D eigenvalue weighted by atomic mass is 10.2. The van der Waals surface area contributed by atoms with E-state index in [2.05, 4.69) is 47.7 Å². The van der Waals surface area contributed by atoms with E-state index in [1.54, 1.807) is 0 Å². The van der Waals surface area contributed by atoms with Crippen LogP contribution in [0.1, 0.15) is 5.56 Å². The number of likely N-dealkylation sites (N-methyl/N-ethyl adjacent to an activating group) is 1. The average molecular weight is 290 g/mol. The molecule has 1 aliphatic rings. The van der Waals surface area contributed by atoms with Gasteiger partial charge in [-0.05, 0) is 18.8 Å². The summed E-state index contributed by atoms with van der Waals surface area (Å²) in [7, 11) is 2.96. The SMILES string of the molecule is C=Cc1ccc([SiH](COC)CN2CCN(C)CC2)cc1. The minimum atomic E-state index is -1.07. The van der Waals surface area contributed by atoms with Gasteiger partial charge in [-0.1, -0.05) is 42.1 Å². The summed E-state index contributed by atoms with van der Waals surface area (Å²) in [5, 5.41) is 1.50. The maximum absolute atomic E-state index is 5.48. The molecule has 110 valence electrons. The zero-order valence-corrected chi connectivity index (χ0v) is 13.9. The molecule has 0 saturated carbocycles. The molecule has 2 rings (SSSR count). The van der Waals surface area contributed by atoms with E-state index in [9.17, 15) is 0 Å². The molecule has 1 aliphatic heterocycles. The van der Waals surface area contributed by atoms with Crippen LogP contribution in [0.4, 0.5) is 0 Å². The fraction of sp³-hybridized carbons (Fsp3) is 0.500. The molecule has 0 amide bonds. The van der Waals surface area contributed by atoms with Crippen molar-refractivity contribution in [1.29, 1.82) is 0 Å². The van der Waals surface area contributed by atoms with Crippen LogP contribution in [-0.4, -0.2) is 71.3 Å². The van der Waals surface area contributed by atoms with Gasteiger partial charge in [0.15, 0.2) is 0 Å². The van der Waals surface area contributed by atoms with Crippen LogP contribution in [0.3, 0.4) is 0 Å². The highest BCUT2D eigenvalue weighted by Crippen LogP contribution is 2.03. The molecule has 0 spiro atoms. The number of hydrogen-bond donors (Lipinski definition) is 0. The minimum absolute atomic E-state index is 0.916. The van der Waals surface area contributed by atoms with E-state index >= 15 is 0 Å². The quantitative estimate of drug-likeness (QED) is 0.719. The summed E-state index contributed by atoms with van der Waals surface area (Å²) in [6.45, 7) is 8.56. The first-order chi connectivity index (χ1) is 9.72. The first-order valence-corrected chi connectivity index (χ1v) is 9.56. The van der Waals surface area contributed by atoms with Crippen molar-refractivity contribution in [1.82, 2.24) is 9.80 Å². The van der Waals surface area contributed by atoms with Crippen LogP contribution in [-0.2, 0) is 4.74 Å². The third-order valence-corrected chi connectivity index (χ3v) is 7.11. The van der Waals surface area contributed by atoms with Crippen LogP contribution in [0.5, 0.6) is 0 Å². The van der Waals surface area contributed by atoms with Crippen LogP contribution in [0.15, 0.2) is 30.8 Å². The van der Waals surface area contributed by atoms with Gasteiger partial charge in [-0.2, -0.15) is 0 Å². The minimum Gasteiger partial charge on any atom is -0.388 e. The van der Waals surface area contributed by atoms with Gasteiger partial charge in [0.25, 0.3) is 0 Å². The highest BCUT2D eigenvalue weighted by molar-refractivity contribution is 6.73. The van der Waals surface area contributed by atoms with Crippen LogP contribution in [0, 0.1) is 0 Å². The van der Waals surface area contributed by atoms with E-state index < -0.39 is 8.80 Å². The highest BCUT2D eigenvalue weighted by Gasteiger charge is 2.20. The maximum atomic E-state index is 5.48. The fourth-order valence-corrected chi connectivity index (χ4v) is 5.34. The molecular formula is C16H26N2OSi. The van der Waals surface area contributed by atoms with Gasteiger partial charge in [-0.3, -0.25) is 0 Å². The first kappa shape index (κ1) is 15.4. The summed E-state index contributed by atoms with van der Waals surface area (Å²) in [5.41, 5.74) is 1.19. The Balaban J connectivity index is 2.00. The predicted molar refractivity (Wildman–Crippen MR) is 89.1 cm³/mol. The van der Waals surface area contributed by atoms with Crippen molar-refractivity contribution in [3.05, 3.63) is 36.4 Å². The van der Waals surface area contributed by atoms with E-state index in [1.165, 1.54) is 43.1 Å². The zero-order chi connectivity index (χ0) is 14.4. The van der Waals surface area contributed by atoms with Crippen molar-refractivity contribution < 1.29 is 4.74 Å². The number of hydrogen-bond acceptors (Lipinski definition) is 3. The summed E-state index contributed by atoms with van der Waals surface area (Å²) in [4.78, 5) is 5.01.